The van der Waals surface area contributed by atoms with Gasteiger partial charge >= 0.3 is 6.03 Å². The van der Waals surface area contributed by atoms with Crippen molar-refractivity contribution in [2.75, 3.05) is 0 Å². The molecule has 6 nitrogen and oxygen atoms in total. The third-order valence-corrected chi connectivity index (χ3v) is 5.58. The number of amides is 4. The lowest BCUT2D eigenvalue weighted by Gasteiger charge is -2.35. The zero-order chi connectivity index (χ0) is 21.8. The Labute approximate surface area is 179 Å². The van der Waals surface area contributed by atoms with Gasteiger partial charge in [0.2, 0.25) is 0 Å². The van der Waals surface area contributed by atoms with Crippen LogP contribution in [0.15, 0.2) is 54.1 Å². The molecule has 0 bridgehead atoms. The van der Waals surface area contributed by atoms with Crippen LogP contribution in [-0.4, -0.2) is 28.8 Å². The number of barbiturate groups is 1. The summed E-state index contributed by atoms with van der Waals surface area (Å²) in [6.07, 6.45) is 6.05. The molecule has 2 aromatic rings. The van der Waals surface area contributed by atoms with Crippen molar-refractivity contribution in [2.45, 2.75) is 44.8 Å². The smallest absolute Gasteiger partial charge is 0.331 e. The molecule has 0 atom stereocenters. The first kappa shape index (κ1) is 20.8. The van der Waals surface area contributed by atoms with Crippen molar-refractivity contribution >= 4 is 23.9 Å². The van der Waals surface area contributed by atoms with Crippen molar-refractivity contribution in [1.82, 2.24) is 10.2 Å². The first-order chi connectivity index (χ1) is 15.0. The van der Waals surface area contributed by atoms with E-state index in [9.17, 15) is 18.8 Å². The highest BCUT2D eigenvalue weighted by Gasteiger charge is 2.40. The highest BCUT2D eigenvalue weighted by atomic mass is 19.1. The van der Waals surface area contributed by atoms with E-state index in [2.05, 4.69) is 5.32 Å². The van der Waals surface area contributed by atoms with Gasteiger partial charge in [-0.15, -0.1) is 0 Å². The minimum absolute atomic E-state index is 0.0508. The van der Waals surface area contributed by atoms with E-state index in [1.165, 1.54) is 23.1 Å². The number of nitrogens with one attached hydrogen (secondary N) is 1. The van der Waals surface area contributed by atoms with Gasteiger partial charge in [-0.1, -0.05) is 43.5 Å². The Morgan fingerprint density at radius 3 is 2.32 bits per heavy atom. The predicted octanol–water partition coefficient (Wildman–Crippen LogP) is 4.20. The van der Waals surface area contributed by atoms with Gasteiger partial charge in [-0.25, -0.2) is 9.18 Å². The van der Waals surface area contributed by atoms with Gasteiger partial charge in [-0.2, -0.15) is 0 Å². The van der Waals surface area contributed by atoms with Crippen LogP contribution < -0.4 is 10.1 Å². The molecular weight excluding hydrogens is 399 g/mol. The molecule has 1 heterocycles. The van der Waals surface area contributed by atoms with Gasteiger partial charge < -0.3 is 4.74 Å². The van der Waals surface area contributed by atoms with Gasteiger partial charge in [0.1, 0.15) is 23.7 Å². The molecule has 4 amide bonds. The Hall–Kier alpha value is -3.48. The van der Waals surface area contributed by atoms with E-state index in [1.54, 1.807) is 36.4 Å². The maximum absolute atomic E-state index is 13.0. The standard InChI is InChI=1S/C24H23FN2O4/c25-18-10-6-17(7-11-18)15-31-20-12-8-16(9-13-20)14-21-22(28)26-24(30)27(23(21)29)19-4-2-1-3-5-19/h6-14,19H,1-5,15H2,(H,26,28,30). The Kier molecular flexibility index (Phi) is 6.11. The zero-order valence-corrected chi connectivity index (χ0v) is 17.0. The molecule has 1 saturated heterocycles. The first-order valence-corrected chi connectivity index (χ1v) is 10.4. The molecule has 2 aromatic carbocycles. The van der Waals surface area contributed by atoms with Gasteiger partial charge in [0, 0.05) is 6.04 Å². The summed E-state index contributed by atoms with van der Waals surface area (Å²) < 4.78 is 18.7. The average molecular weight is 422 g/mol. The molecular formula is C24H23FN2O4. The average Bonchev–Trinajstić information content (AvgIpc) is 2.78. The predicted molar refractivity (Wildman–Crippen MR) is 112 cm³/mol. The molecule has 1 aliphatic heterocycles. The molecule has 1 saturated carbocycles. The van der Waals surface area contributed by atoms with Gasteiger partial charge in [0.15, 0.2) is 0 Å². The van der Waals surface area contributed by atoms with E-state index in [1.807, 2.05) is 0 Å². The van der Waals surface area contributed by atoms with Crippen LogP contribution in [0.3, 0.4) is 0 Å². The monoisotopic (exact) mass is 422 g/mol. The van der Waals surface area contributed by atoms with Crippen LogP contribution in [0.5, 0.6) is 5.75 Å². The van der Waals surface area contributed by atoms with E-state index in [4.69, 9.17) is 4.74 Å². The Morgan fingerprint density at radius 1 is 0.968 bits per heavy atom. The fraction of sp³-hybridized carbons (Fsp3) is 0.292. The van der Waals surface area contributed by atoms with Crippen molar-refractivity contribution < 1.29 is 23.5 Å². The second kappa shape index (κ2) is 9.12. The molecule has 1 N–H and O–H groups in total. The van der Waals surface area contributed by atoms with Crippen LogP contribution in [0.2, 0.25) is 0 Å². The van der Waals surface area contributed by atoms with Crippen LogP contribution in [0.1, 0.15) is 43.2 Å². The van der Waals surface area contributed by atoms with Crippen LogP contribution >= 0.6 is 0 Å². The van der Waals surface area contributed by atoms with Crippen molar-refractivity contribution in [3.63, 3.8) is 0 Å². The number of hydrogen-bond donors (Lipinski definition) is 1. The molecule has 31 heavy (non-hydrogen) atoms. The van der Waals surface area contributed by atoms with Crippen molar-refractivity contribution in [3.05, 3.63) is 71.0 Å². The van der Waals surface area contributed by atoms with Crippen molar-refractivity contribution in [3.8, 4) is 5.75 Å². The van der Waals surface area contributed by atoms with Crippen LogP contribution in [0.4, 0.5) is 9.18 Å². The highest BCUT2D eigenvalue weighted by molar-refractivity contribution is 6.31. The van der Waals surface area contributed by atoms with E-state index in [0.717, 1.165) is 37.7 Å². The quantitative estimate of drug-likeness (QED) is 0.579. The maximum atomic E-state index is 13.0. The Bertz CT molecular complexity index is 1010. The molecule has 0 unspecified atom stereocenters. The number of imide groups is 2. The van der Waals surface area contributed by atoms with Gasteiger partial charge in [-0.3, -0.25) is 19.8 Å². The fourth-order valence-electron chi connectivity index (χ4n) is 3.92. The van der Waals surface area contributed by atoms with Gasteiger partial charge in [0.25, 0.3) is 11.8 Å². The first-order valence-electron chi connectivity index (χ1n) is 10.4. The zero-order valence-electron chi connectivity index (χ0n) is 17.0. The topological polar surface area (TPSA) is 75.7 Å². The molecule has 7 heteroatoms. The second-order valence-electron chi connectivity index (χ2n) is 7.77. The molecule has 4 rings (SSSR count). The van der Waals surface area contributed by atoms with Gasteiger partial charge in [0.05, 0.1) is 0 Å². The normalized spacial score (nSPS) is 18.9. The summed E-state index contributed by atoms with van der Waals surface area (Å²) in [4.78, 5) is 38.7. The largest absolute Gasteiger partial charge is 0.489 e. The van der Waals surface area contributed by atoms with Crippen LogP contribution in [-0.2, 0) is 16.2 Å². The summed E-state index contributed by atoms with van der Waals surface area (Å²) in [5.74, 6) is -0.924. The molecule has 160 valence electrons. The number of carbonyl (C=O) groups is 3. The van der Waals surface area contributed by atoms with E-state index >= 15 is 0 Å². The Balaban J connectivity index is 1.46. The third kappa shape index (κ3) is 4.82. The minimum Gasteiger partial charge on any atom is -0.489 e. The highest BCUT2D eigenvalue weighted by Crippen LogP contribution is 2.26. The molecule has 2 aliphatic rings. The molecule has 2 fully saturated rings. The lowest BCUT2D eigenvalue weighted by molar-refractivity contribution is -0.132. The van der Waals surface area contributed by atoms with E-state index < -0.39 is 17.8 Å². The number of rotatable bonds is 5. The summed E-state index contributed by atoms with van der Waals surface area (Å²) in [6, 6.07) is 12.2. The summed E-state index contributed by atoms with van der Waals surface area (Å²) in [7, 11) is 0. The minimum atomic E-state index is -0.682. The molecule has 0 radical (unpaired) electrons. The second-order valence-corrected chi connectivity index (χ2v) is 7.77. The van der Waals surface area contributed by atoms with Crippen LogP contribution in [0, 0.1) is 5.82 Å². The third-order valence-electron chi connectivity index (χ3n) is 5.58. The SMILES string of the molecule is O=C1NC(=O)N(C2CCCCC2)C(=O)C1=Cc1ccc(OCc2ccc(F)cc2)cc1. The van der Waals surface area contributed by atoms with Gasteiger partial charge in [-0.05, 0) is 54.3 Å². The fourth-order valence-corrected chi connectivity index (χ4v) is 3.92. The maximum Gasteiger partial charge on any atom is 0.331 e. The lowest BCUT2D eigenvalue weighted by Crippen LogP contribution is -2.58. The van der Waals surface area contributed by atoms with E-state index in [0.29, 0.717) is 17.9 Å². The number of benzene rings is 2. The number of ether oxygens (including phenoxy) is 1. The molecule has 0 aromatic heterocycles. The van der Waals surface area contributed by atoms with Crippen molar-refractivity contribution in [2.24, 2.45) is 0 Å². The summed E-state index contributed by atoms with van der Waals surface area (Å²) >= 11 is 0. The number of carbonyl (C=O) groups excluding carboxylic acids is 3. The summed E-state index contributed by atoms with van der Waals surface area (Å²) in [5, 5.41) is 2.29. The summed E-state index contributed by atoms with van der Waals surface area (Å²) in [6.45, 7) is 0.292. The number of urea groups is 1. The van der Waals surface area contributed by atoms with E-state index in [-0.39, 0.29) is 17.4 Å². The van der Waals surface area contributed by atoms with Crippen molar-refractivity contribution in [1.29, 1.82) is 0 Å². The summed E-state index contributed by atoms with van der Waals surface area (Å²) in [5.41, 5.74) is 1.43. The molecule has 0 spiro atoms. The van der Waals surface area contributed by atoms with Crippen LogP contribution in [0.25, 0.3) is 6.08 Å². The molecule has 1 aliphatic carbocycles. The number of hydrogen-bond acceptors (Lipinski definition) is 4. The Morgan fingerprint density at radius 2 is 1.65 bits per heavy atom. The number of halogens is 1. The lowest BCUT2D eigenvalue weighted by atomic mass is 9.93. The number of nitrogens with zero attached hydrogens (tertiary/aromatic N) is 1.